The Morgan fingerprint density at radius 3 is 2.59 bits per heavy atom. The van der Waals surface area contributed by atoms with Gasteiger partial charge in [-0.15, -0.1) is 10.2 Å². The molecule has 0 aliphatic carbocycles. The van der Waals surface area contributed by atoms with Crippen molar-refractivity contribution in [3.63, 3.8) is 0 Å². The van der Waals surface area contributed by atoms with E-state index in [2.05, 4.69) is 20.5 Å². The maximum atomic E-state index is 13.1. The summed E-state index contributed by atoms with van der Waals surface area (Å²) in [7, 11) is 5.87. The van der Waals surface area contributed by atoms with Crippen LogP contribution in [-0.2, 0) is 0 Å². The van der Waals surface area contributed by atoms with Gasteiger partial charge in [-0.2, -0.15) is 0 Å². The van der Waals surface area contributed by atoms with E-state index in [4.69, 9.17) is 0 Å². The first-order chi connectivity index (χ1) is 16.1. The van der Waals surface area contributed by atoms with Crippen LogP contribution < -0.4 is 5.32 Å². The van der Waals surface area contributed by atoms with Crippen LogP contribution in [0.2, 0.25) is 0 Å². The highest BCUT2D eigenvalue weighted by atomic mass is 32.1. The van der Waals surface area contributed by atoms with E-state index in [1.807, 2.05) is 59.6 Å². The Balaban J connectivity index is 1.41. The number of amides is 2. The van der Waals surface area contributed by atoms with Gasteiger partial charge in [-0.25, -0.2) is 18.6 Å². The molecule has 4 rings (SSSR count). The number of hydrogen-bond donors (Lipinski definition) is 1. The maximum Gasteiger partial charge on any atom is 0.323 e. The zero-order valence-corrected chi connectivity index (χ0v) is 20.7. The molecular formula is C21H27B3F2N6OS. The van der Waals surface area contributed by atoms with Gasteiger partial charge >= 0.3 is 6.03 Å². The molecule has 0 radical (unpaired) electrons. The van der Waals surface area contributed by atoms with Gasteiger partial charge in [0.25, 0.3) is 6.43 Å². The van der Waals surface area contributed by atoms with E-state index >= 15 is 0 Å². The highest BCUT2D eigenvalue weighted by Gasteiger charge is 2.34. The molecule has 1 fully saturated rings. The number of aryl methyl sites for hydroxylation is 1. The summed E-state index contributed by atoms with van der Waals surface area (Å²) in [6, 6.07) is 7.63. The number of benzene rings is 1. The van der Waals surface area contributed by atoms with E-state index < -0.39 is 6.43 Å². The summed E-state index contributed by atoms with van der Waals surface area (Å²) in [6.45, 7) is 2.70. The molecule has 13 heteroatoms. The fourth-order valence-corrected chi connectivity index (χ4v) is 5.13. The molecule has 1 saturated heterocycles. The smallest absolute Gasteiger partial charge is 0.323 e. The lowest BCUT2D eigenvalue weighted by atomic mass is 9.48. The van der Waals surface area contributed by atoms with Crippen LogP contribution in [0.5, 0.6) is 0 Å². The minimum atomic E-state index is -2.38. The van der Waals surface area contributed by atoms with Crippen LogP contribution in [0.3, 0.4) is 0 Å². The van der Waals surface area contributed by atoms with Gasteiger partial charge in [0, 0.05) is 36.3 Å². The molecule has 3 heterocycles. The van der Waals surface area contributed by atoms with Crippen molar-refractivity contribution >= 4 is 57.5 Å². The van der Waals surface area contributed by atoms with Gasteiger partial charge < -0.3 is 9.80 Å². The van der Waals surface area contributed by atoms with Gasteiger partial charge in [0.1, 0.15) is 39.4 Å². The second kappa shape index (κ2) is 9.99. The summed E-state index contributed by atoms with van der Waals surface area (Å²) in [5.41, 5.74) is 0.968. The Morgan fingerprint density at radius 1 is 1.24 bits per heavy atom. The Morgan fingerprint density at radius 2 is 1.97 bits per heavy atom. The highest BCUT2D eigenvalue weighted by molar-refractivity contribution is 7.14. The standard InChI is InChI=1S/C21H27B3F2N6OS/c1-12-29-30-19(34-12)13-2-3-14-10-27-18(9-15(14)8-13)28-20(33)31-6-4-16(5-7-31)32(11-17(25)26)21(22,23)24/h2-3,8-10,16-17H,4-7,11,22-24H2,1H3,(H,27,28,33). The number of carbonyl (C=O) groups is 1. The predicted molar refractivity (Wildman–Crippen MR) is 140 cm³/mol. The number of nitrogens with zero attached hydrogens (tertiary/aromatic N) is 5. The molecule has 0 unspecified atom stereocenters. The van der Waals surface area contributed by atoms with Crippen molar-refractivity contribution in [2.75, 3.05) is 25.0 Å². The summed E-state index contributed by atoms with van der Waals surface area (Å²) < 4.78 is 26.2. The van der Waals surface area contributed by atoms with Crippen molar-refractivity contribution in [2.24, 2.45) is 0 Å². The fourth-order valence-electron chi connectivity index (χ4n) is 4.44. The number of rotatable bonds is 6. The number of likely N-dealkylation sites (tertiary alicyclic amines) is 1. The number of aromatic nitrogens is 3. The van der Waals surface area contributed by atoms with Crippen molar-refractivity contribution in [3.05, 3.63) is 35.5 Å². The van der Waals surface area contributed by atoms with Crippen molar-refractivity contribution in [1.82, 2.24) is 25.0 Å². The fraction of sp³-hybridized carbons (Fsp3) is 0.429. The normalized spacial score (nSPS) is 15.4. The predicted octanol–water partition coefficient (Wildman–Crippen LogP) is 1.14. The van der Waals surface area contributed by atoms with E-state index in [1.54, 1.807) is 11.1 Å². The topological polar surface area (TPSA) is 74.2 Å². The van der Waals surface area contributed by atoms with Crippen molar-refractivity contribution < 1.29 is 13.6 Å². The summed E-state index contributed by atoms with van der Waals surface area (Å²) in [5.74, 6) is 0.472. The molecule has 2 amide bonds. The van der Waals surface area contributed by atoms with Gasteiger partial charge in [-0.05, 0) is 37.3 Å². The monoisotopic (exact) mass is 482 g/mol. The number of fused-ring (bicyclic) bond motifs is 1. The number of piperidine rings is 1. The van der Waals surface area contributed by atoms with Crippen LogP contribution in [0.1, 0.15) is 17.8 Å². The molecule has 3 aromatic rings. The highest BCUT2D eigenvalue weighted by Crippen LogP contribution is 2.28. The van der Waals surface area contributed by atoms with Crippen molar-refractivity contribution in [3.8, 4) is 10.6 Å². The van der Waals surface area contributed by atoms with E-state index in [0.717, 1.165) is 26.4 Å². The first-order valence-electron chi connectivity index (χ1n) is 11.4. The first kappa shape index (κ1) is 24.6. The molecule has 7 nitrogen and oxygen atoms in total. The second-order valence-electron chi connectivity index (χ2n) is 9.62. The Labute approximate surface area is 204 Å². The summed E-state index contributed by atoms with van der Waals surface area (Å²) >= 11 is 1.53. The molecule has 1 N–H and O–H groups in total. The quantitative estimate of drug-likeness (QED) is 0.534. The average Bonchev–Trinajstić information content (AvgIpc) is 3.22. The number of alkyl halides is 2. The molecule has 34 heavy (non-hydrogen) atoms. The van der Waals surface area contributed by atoms with E-state index in [1.165, 1.54) is 11.3 Å². The minimum absolute atomic E-state index is 0.0271. The van der Waals surface area contributed by atoms with E-state index in [9.17, 15) is 13.6 Å². The lowest BCUT2D eigenvalue weighted by Crippen LogP contribution is -2.59. The zero-order chi connectivity index (χ0) is 24.5. The lowest BCUT2D eigenvalue weighted by Gasteiger charge is -2.45. The molecule has 2 aromatic heterocycles. The van der Waals surface area contributed by atoms with Gasteiger partial charge in [-0.3, -0.25) is 5.32 Å². The summed E-state index contributed by atoms with van der Waals surface area (Å²) in [5, 5.41) is 14.5. The molecule has 0 saturated carbocycles. The third kappa shape index (κ3) is 5.75. The van der Waals surface area contributed by atoms with Crippen LogP contribution in [0.15, 0.2) is 30.5 Å². The van der Waals surface area contributed by atoms with Gasteiger partial charge in [0.05, 0.1) is 6.54 Å². The number of pyridine rings is 1. The molecule has 0 atom stereocenters. The van der Waals surface area contributed by atoms with Crippen LogP contribution in [0, 0.1) is 6.92 Å². The van der Waals surface area contributed by atoms with Gasteiger partial charge in [0.2, 0.25) is 0 Å². The number of carbonyl (C=O) groups excluding carboxylic acids is 1. The minimum Gasteiger partial charge on any atom is -0.324 e. The summed E-state index contributed by atoms with van der Waals surface area (Å²) in [6.07, 6.45) is 0.675. The Kier molecular flexibility index (Phi) is 7.23. The zero-order valence-electron chi connectivity index (χ0n) is 19.9. The maximum absolute atomic E-state index is 13.1. The molecule has 1 aliphatic heterocycles. The van der Waals surface area contributed by atoms with Gasteiger partial charge in [0.15, 0.2) is 0 Å². The van der Waals surface area contributed by atoms with Crippen LogP contribution in [0.4, 0.5) is 19.4 Å². The number of halogens is 2. The molecule has 0 spiro atoms. The number of anilines is 1. The number of nitrogens with one attached hydrogen (secondary N) is 1. The van der Waals surface area contributed by atoms with Crippen molar-refractivity contribution in [1.29, 1.82) is 0 Å². The molecule has 1 aliphatic rings. The van der Waals surface area contributed by atoms with Crippen LogP contribution in [-0.4, -0.2) is 91.9 Å². The van der Waals surface area contributed by atoms with E-state index in [0.29, 0.717) is 31.7 Å². The second-order valence-corrected chi connectivity index (χ2v) is 10.8. The third-order valence-corrected chi connectivity index (χ3v) is 7.01. The van der Waals surface area contributed by atoms with Crippen LogP contribution in [0.25, 0.3) is 21.3 Å². The Hall–Kier alpha value is -2.53. The SMILES string of the molecule is BC(B)(B)N(CC(F)F)C1CCN(C(=O)Nc2cc3cc(-c4nnc(C)s4)ccc3cn2)CC1. The van der Waals surface area contributed by atoms with E-state index in [-0.39, 0.29) is 23.9 Å². The largest absolute Gasteiger partial charge is 0.324 e. The third-order valence-electron chi connectivity index (χ3n) is 6.12. The van der Waals surface area contributed by atoms with Crippen molar-refractivity contribution in [2.45, 2.75) is 37.5 Å². The summed E-state index contributed by atoms with van der Waals surface area (Å²) in [4.78, 5) is 20.8. The molecule has 176 valence electrons. The molecule has 0 bridgehead atoms. The number of hydrogen-bond acceptors (Lipinski definition) is 6. The first-order valence-corrected chi connectivity index (χ1v) is 12.2. The van der Waals surface area contributed by atoms with Crippen LogP contribution >= 0.6 is 11.3 Å². The average molecular weight is 482 g/mol. The lowest BCUT2D eigenvalue weighted by molar-refractivity contribution is 0.0443. The van der Waals surface area contributed by atoms with Gasteiger partial charge in [-0.1, -0.05) is 28.7 Å². The Bertz CT molecular complexity index is 1170. The number of urea groups is 1. The molecule has 1 aromatic carbocycles. The molecular weight excluding hydrogens is 455 g/mol.